The van der Waals surface area contributed by atoms with Gasteiger partial charge in [0.1, 0.15) is 5.82 Å². The van der Waals surface area contributed by atoms with Crippen molar-refractivity contribution in [3.8, 4) is 11.3 Å². The van der Waals surface area contributed by atoms with Gasteiger partial charge < -0.3 is 15.6 Å². The molecule has 0 aliphatic carbocycles. The van der Waals surface area contributed by atoms with Crippen molar-refractivity contribution in [2.75, 3.05) is 6.54 Å². The van der Waals surface area contributed by atoms with Crippen LogP contribution in [0.15, 0.2) is 60.8 Å². The Labute approximate surface area is 252 Å². The summed E-state index contributed by atoms with van der Waals surface area (Å²) in [5, 5.41) is 4.33. The Morgan fingerprint density at radius 1 is 1.05 bits per heavy atom. The molecule has 0 saturated carbocycles. The van der Waals surface area contributed by atoms with Crippen LogP contribution in [-0.4, -0.2) is 32.9 Å². The Hall–Kier alpha value is -3.53. The molecule has 7 nitrogen and oxygen atoms in total. The first kappa shape index (κ1) is 35.5. The van der Waals surface area contributed by atoms with Crippen molar-refractivity contribution < 1.29 is 18.5 Å². The molecule has 2 heterocycles. The molecule has 41 heavy (non-hydrogen) atoms. The van der Waals surface area contributed by atoms with Gasteiger partial charge in [-0.05, 0) is 92.0 Å². The zero-order chi connectivity index (χ0) is 30.9. The fraction of sp³-hybridized carbons (Fsp3) is 0.290. The van der Waals surface area contributed by atoms with E-state index in [1.165, 1.54) is 24.6 Å². The van der Waals surface area contributed by atoms with Crippen LogP contribution in [0.3, 0.4) is 0 Å². The lowest BCUT2D eigenvalue weighted by Gasteiger charge is -2.14. The third-order valence-corrected chi connectivity index (χ3v) is 5.85. The van der Waals surface area contributed by atoms with Gasteiger partial charge in [-0.15, -0.1) is 0 Å². The number of halogens is 2. The Kier molecular flexibility index (Phi) is 16.2. The largest absolute Gasteiger partial charge is 0.370 e. The molecule has 0 radical (unpaired) electrons. The Morgan fingerprint density at radius 3 is 2.29 bits per heavy atom. The van der Waals surface area contributed by atoms with E-state index in [4.69, 9.17) is 21.1 Å². The van der Waals surface area contributed by atoms with E-state index in [0.717, 1.165) is 46.3 Å². The number of thiol groups is 1. The smallest absolute Gasteiger partial charge is 0.251 e. The van der Waals surface area contributed by atoms with Gasteiger partial charge in [-0.1, -0.05) is 38.8 Å². The fourth-order valence-corrected chi connectivity index (χ4v) is 4.09. The van der Waals surface area contributed by atoms with Crippen LogP contribution in [0.5, 0.6) is 0 Å². The summed E-state index contributed by atoms with van der Waals surface area (Å²) in [6.45, 7) is 9.96. The quantitative estimate of drug-likeness (QED) is 0.132. The number of nitrogens with one attached hydrogen (secondary N) is 1. The highest BCUT2D eigenvalue weighted by atomic mass is 35.5. The van der Waals surface area contributed by atoms with E-state index < -0.39 is 0 Å². The van der Waals surface area contributed by atoms with Crippen LogP contribution in [0.25, 0.3) is 22.2 Å². The molecule has 4 rings (SSSR count). The van der Waals surface area contributed by atoms with Gasteiger partial charge in [-0.2, -0.15) is 0 Å². The zero-order valence-electron chi connectivity index (χ0n) is 24.0. The predicted octanol–water partition coefficient (Wildman–Crippen LogP) is 7.23. The average molecular weight is 601 g/mol. The monoisotopic (exact) mass is 600 g/mol. The number of rotatable bonds is 7. The van der Waals surface area contributed by atoms with Gasteiger partial charge in [0.15, 0.2) is 0 Å². The third-order valence-electron chi connectivity index (χ3n) is 5.65. The van der Waals surface area contributed by atoms with E-state index in [1.54, 1.807) is 36.5 Å². The molecule has 0 fully saturated rings. The first-order chi connectivity index (χ1) is 19.7. The summed E-state index contributed by atoms with van der Waals surface area (Å²) < 4.78 is 20.1. The highest BCUT2D eigenvalue weighted by molar-refractivity contribution is 7.74. The number of hydrogen-bond donors (Lipinski definition) is 4. The molecule has 0 bridgehead atoms. The zero-order valence-corrected chi connectivity index (χ0v) is 25.7. The summed E-state index contributed by atoms with van der Waals surface area (Å²) in [4.78, 5) is 31.0. The van der Waals surface area contributed by atoms with E-state index >= 15 is 0 Å². The minimum absolute atomic E-state index is 0.156. The van der Waals surface area contributed by atoms with Gasteiger partial charge in [0.05, 0.1) is 16.2 Å². The van der Waals surface area contributed by atoms with Gasteiger partial charge in [0.25, 0.3) is 5.91 Å². The maximum absolute atomic E-state index is 13.4. The maximum Gasteiger partial charge on any atom is 0.251 e. The van der Waals surface area contributed by atoms with E-state index in [-0.39, 0.29) is 17.6 Å². The van der Waals surface area contributed by atoms with Crippen molar-refractivity contribution in [3.63, 3.8) is 0 Å². The number of carbonyl (C=O) groups is 2. The highest BCUT2D eigenvalue weighted by Gasteiger charge is 2.12. The summed E-state index contributed by atoms with van der Waals surface area (Å²) >= 11 is 8.55. The normalized spacial score (nSPS) is 9.78. The lowest BCUT2D eigenvalue weighted by atomic mass is 9.97. The second-order valence-electron chi connectivity index (χ2n) is 8.68. The molecule has 2 aromatic heterocycles. The van der Waals surface area contributed by atoms with Gasteiger partial charge >= 0.3 is 0 Å². The number of primary amides is 1. The summed E-state index contributed by atoms with van der Waals surface area (Å²) in [6.07, 6.45) is 4.14. The minimum atomic E-state index is -0.333. The molecule has 2 amide bonds. The lowest BCUT2D eigenvalue weighted by molar-refractivity contribution is -0.115. The molecule has 4 N–H and O–H groups in total. The van der Waals surface area contributed by atoms with E-state index in [9.17, 15) is 14.0 Å². The lowest BCUT2D eigenvalue weighted by Crippen LogP contribution is -2.26. The van der Waals surface area contributed by atoms with E-state index in [1.807, 2.05) is 19.9 Å². The fourth-order valence-electron chi connectivity index (χ4n) is 3.92. The predicted molar refractivity (Wildman–Crippen MR) is 169 cm³/mol. The number of fused-ring (bicyclic) bond motifs is 1. The van der Waals surface area contributed by atoms with Gasteiger partial charge in [0, 0.05) is 48.3 Å². The molecule has 220 valence electrons. The minimum Gasteiger partial charge on any atom is -0.370 e. The molecule has 2 aromatic carbocycles. The first-order valence-electron chi connectivity index (χ1n) is 13.2. The van der Waals surface area contributed by atoms with Gasteiger partial charge in [-0.3, -0.25) is 19.6 Å². The van der Waals surface area contributed by atoms with E-state index in [0.29, 0.717) is 23.6 Å². The molecular formula is C31H38ClFN4O3S. The Balaban J connectivity index is 0.000000950. The Morgan fingerprint density at radius 2 is 1.68 bits per heavy atom. The summed E-state index contributed by atoms with van der Waals surface area (Å²) in [6, 6.07) is 15.7. The van der Waals surface area contributed by atoms with Crippen molar-refractivity contribution in [3.05, 3.63) is 94.0 Å². The highest BCUT2D eigenvalue weighted by Crippen LogP contribution is 2.26. The van der Waals surface area contributed by atoms with Crippen molar-refractivity contribution in [1.29, 1.82) is 0 Å². The molecule has 0 saturated heterocycles. The van der Waals surface area contributed by atoms with Crippen LogP contribution < -0.4 is 11.1 Å². The maximum atomic E-state index is 13.4. The number of hydrogen-bond acceptors (Lipinski definition) is 6. The number of nitrogens with zero attached hydrogens (tertiary/aromatic N) is 2. The van der Waals surface area contributed by atoms with Crippen LogP contribution in [0.4, 0.5) is 4.39 Å². The number of carbonyl (C=O) groups excluding carboxylic acids is 2. The molecule has 10 heteroatoms. The van der Waals surface area contributed by atoms with Gasteiger partial charge in [0.2, 0.25) is 5.91 Å². The van der Waals surface area contributed by atoms with Crippen molar-refractivity contribution >= 4 is 47.2 Å². The first-order valence-corrected chi connectivity index (χ1v) is 14.0. The van der Waals surface area contributed by atoms with Crippen LogP contribution in [-0.2, 0) is 17.6 Å². The number of benzene rings is 2. The topological polar surface area (TPSA) is 118 Å². The number of aromatic nitrogens is 2. The van der Waals surface area contributed by atoms with Crippen molar-refractivity contribution in [2.45, 2.75) is 53.9 Å². The number of amides is 2. The van der Waals surface area contributed by atoms with Crippen molar-refractivity contribution in [1.82, 2.24) is 15.3 Å². The van der Waals surface area contributed by atoms with Crippen LogP contribution in [0.2, 0.25) is 5.02 Å². The summed E-state index contributed by atoms with van der Waals surface area (Å²) in [5.74, 6) is -0.757. The van der Waals surface area contributed by atoms with Crippen molar-refractivity contribution in [2.24, 2.45) is 5.73 Å². The summed E-state index contributed by atoms with van der Waals surface area (Å²) in [7, 11) is 0. The van der Waals surface area contributed by atoms with Crippen LogP contribution in [0, 0.1) is 12.7 Å². The molecule has 0 aliphatic heterocycles. The molecule has 0 spiro atoms. The standard InChI is InChI=1S/C27H25ClFN3O.C2H5NO.C2H6.H2OS/c1-3-4-19-15-24(32-26(17(19)2)18-5-8-23(29)9-6-18)11-12-30-27(33)20-7-10-25-21(13-20)14-22(28)16-31-25;1-2(3)4;2*1-2/h5-10,13-16H,3-4,11-12H2,1-2H3,(H,30,33);1H3,(H2,3,4);1-2H3;1-2H. The Bertz CT molecular complexity index is 1410. The average Bonchev–Trinajstić information content (AvgIpc) is 2.96. The second-order valence-corrected chi connectivity index (χ2v) is 9.12. The number of aryl methyl sites for hydroxylation is 1. The number of pyridine rings is 2. The molecule has 0 atom stereocenters. The molecule has 0 unspecified atom stereocenters. The second kappa shape index (κ2) is 18.7. The van der Waals surface area contributed by atoms with Crippen LogP contribution in [0.1, 0.15) is 61.3 Å². The molecular weight excluding hydrogens is 563 g/mol. The number of nitrogens with two attached hydrogens (primary N) is 1. The van der Waals surface area contributed by atoms with Crippen LogP contribution >= 0.6 is 24.5 Å². The SMILES string of the molecule is CC.CC(N)=O.CCCc1cc(CCNC(=O)c2ccc3ncc(Cl)cc3c2)nc(-c2ccc(F)cc2)c1C.OS. The summed E-state index contributed by atoms with van der Waals surface area (Å²) in [5.41, 5.74) is 10.8. The third kappa shape index (κ3) is 11.5. The molecule has 0 aliphatic rings. The molecule has 4 aromatic rings. The van der Waals surface area contributed by atoms with Gasteiger partial charge in [-0.25, -0.2) is 4.39 Å². The van der Waals surface area contributed by atoms with E-state index in [2.05, 4.69) is 48.9 Å².